The summed E-state index contributed by atoms with van der Waals surface area (Å²) in [4.78, 5) is 43.0. The van der Waals surface area contributed by atoms with Gasteiger partial charge in [-0.2, -0.15) is 0 Å². The zero-order valence-corrected chi connectivity index (χ0v) is 31.4. The van der Waals surface area contributed by atoms with Gasteiger partial charge in [-0.25, -0.2) is 0 Å². The number of aliphatic imine (C=N–C) groups is 1. The average molecular weight is 682 g/mol. The fourth-order valence-electron chi connectivity index (χ4n) is 5.08. The molecular formula is C40H59NO8. The molecule has 0 saturated carbocycles. The van der Waals surface area contributed by atoms with Gasteiger partial charge in [-0.05, 0) is 93.2 Å². The van der Waals surface area contributed by atoms with Crippen molar-refractivity contribution in [2.45, 2.75) is 119 Å². The predicted molar refractivity (Wildman–Crippen MR) is 192 cm³/mol. The Morgan fingerprint density at radius 2 is 1.06 bits per heavy atom. The second kappa shape index (κ2) is 18.3. The van der Waals surface area contributed by atoms with E-state index in [2.05, 4.69) is 4.99 Å². The number of carbonyl (C=O) groups excluding carboxylic acids is 3. The van der Waals surface area contributed by atoms with Crippen LogP contribution in [-0.2, 0) is 51.3 Å². The molecule has 9 nitrogen and oxygen atoms in total. The summed E-state index contributed by atoms with van der Waals surface area (Å²) in [5, 5.41) is 0. The lowest BCUT2D eigenvalue weighted by Gasteiger charge is -2.35. The average Bonchev–Trinajstić information content (AvgIpc) is 3.01. The number of ether oxygens (including phenoxy) is 5. The molecule has 2 rings (SSSR count). The summed E-state index contributed by atoms with van der Waals surface area (Å²) in [5.74, 6) is -0.988. The van der Waals surface area contributed by atoms with Gasteiger partial charge in [0.2, 0.25) is 0 Å². The van der Waals surface area contributed by atoms with Gasteiger partial charge in [-0.3, -0.25) is 19.4 Å². The molecule has 272 valence electrons. The van der Waals surface area contributed by atoms with Gasteiger partial charge in [0.15, 0.2) is 6.40 Å². The molecule has 0 aliphatic rings. The lowest BCUT2D eigenvalue weighted by atomic mass is 9.75. The number of esters is 3. The fourth-order valence-corrected chi connectivity index (χ4v) is 5.08. The van der Waals surface area contributed by atoms with Crippen LogP contribution in [0.15, 0.2) is 65.7 Å². The van der Waals surface area contributed by atoms with Crippen molar-refractivity contribution in [3.8, 4) is 0 Å². The molecular weight excluding hydrogens is 622 g/mol. The van der Waals surface area contributed by atoms with Crippen LogP contribution in [0, 0.1) is 16.2 Å². The number of hydrogen-bond donors (Lipinski definition) is 0. The van der Waals surface area contributed by atoms with Crippen LogP contribution in [0.4, 0.5) is 0 Å². The van der Waals surface area contributed by atoms with Crippen LogP contribution in [0.5, 0.6) is 0 Å². The van der Waals surface area contributed by atoms with Gasteiger partial charge >= 0.3 is 17.9 Å². The molecule has 0 amide bonds. The lowest BCUT2D eigenvalue weighted by Crippen LogP contribution is -2.41. The van der Waals surface area contributed by atoms with Gasteiger partial charge in [0.05, 0.1) is 35.1 Å². The second-order valence-electron chi connectivity index (χ2n) is 15.8. The molecule has 0 aromatic heterocycles. The smallest absolute Gasteiger partial charge is 0.312 e. The highest BCUT2D eigenvalue weighted by molar-refractivity contribution is 5.80. The number of benzene rings is 2. The third kappa shape index (κ3) is 15.6. The monoisotopic (exact) mass is 681 g/mol. The van der Waals surface area contributed by atoms with E-state index in [-0.39, 0.29) is 37.5 Å². The van der Waals surface area contributed by atoms with Crippen molar-refractivity contribution in [3.05, 3.63) is 71.8 Å². The quantitative estimate of drug-likeness (QED) is 0.0426. The molecule has 0 aliphatic heterocycles. The molecule has 0 saturated heterocycles. The van der Waals surface area contributed by atoms with Crippen LogP contribution in [0.25, 0.3) is 0 Å². The summed E-state index contributed by atoms with van der Waals surface area (Å²) in [5.41, 5.74) is -1.83. The van der Waals surface area contributed by atoms with Gasteiger partial charge in [0.25, 0.3) is 0 Å². The Labute approximate surface area is 294 Å². The minimum atomic E-state index is -0.910. The molecule has 0 radical (unpaired) electrons. The number of hydrogen-bond acceptors (Lipinski definition) is 9. The molecule has 0 spiro atoms. The van der Waals surface area contributed by atoms with Crippen molar-refractivity contribution < 1.29 is 38.1 Å². The highest BCUT2D eigenvalue weighted by Gasteiger charge is 2.42. The van der Waals surface area contributed by atoms with Crippen LogP contribution in [-0.4, -0.2) is 55.3 Å². The van der Waals surface area contributed by atoms with E-state index in [0.29, 0.717) is 39.0 Å². The van der Waals surface area contributed by atoms with Crippen molar-refractivity contribution in [2.24, 2.45) is 21.2 Å². The largest absolute Gasteiger partial charge is 0.483 e. The molecule has 0 aliphatic carbocycles. The molecule has 49 heavy (non-hydrogen) atoms. The molecule has 0 N–H and O–H groups in total. The lowest BCUT2D eigenvalue weighted by molar-refractivity contribution is -0.173. The van der Waals surface area contributed by atoms with E-state index in [4.69, 9.17) is 23.7 Å². The summed E-state index contributed by atoms with van der Waals surface area (Å²) in [6.45, 7) is 20.2. The minimum Gasteiger partial charge on any atom is -0.483 e. The first-order valence-corrected chi connectivity index (χ1v) is 17.1. The summed E-state index contributed by atoms with van der Waals surface area (Å²) >= 11 is 0. The second-order valence-corrected chi connectivity index (χ2v) is 15.8. The Bertz CT molecular complexity index is 1350. The molecule has 2 aromatic carbocycles. The maximum Gasteiger partial charge on any atom is 0.312 e. The minimum absolute atomic E-state index is 0.186. The van der Waals surface area contributed by atoms with Crippen LogP contribution in [0.1, 0.15) is 106 Å². The Balaban J connectivity index is 1.69. The van der Waals surface area contributed by atoms with E-state index in [1.54, 1.807) is 27.7 Å². The molecule has 0 unspecified atom stereocenters. The van der Waals surface area contributed by atoms with E-state index < -0.39 is 27.4 Å². The molecule has 0 bridgehead atoms. The maximum absolute atomic E-state index is 13.3. The Kier molecular flexibility index (Phi) is 15.5. The van der Waals surface area contributed by atoms with Crippen molar-refractivity contribution in [1.29, 1.82) is 0 Å². The van der Waals surface area contributed by atoms with Crippen molar-refractivity contribution >= 4 is 24.3 Å². The summed E-state index contributed by atoms with van der Waals surface area (Å²) in [7, 11) is 0. The van der Waals surface area contributed by atoms with Crippen molar-refractivity contribution in [3.63, 3.8) is 0 Å². The maximum atomic E-state index is 13.3. The SMILES string of the molecule is CC(C)(CCOC=NCCC(C)(C)C(=O)OCc1ccccc1)OCCC(C)(C)OC(=O)C(C)(C)CC(C)(C)C(=O)OCc1ccccc1. The Morgan fingerprint density at radius 3 is 1.59 bits per heavy atom. The Morgan fingerprint density at radius 1 is 0.592 bits per heavy atom. The van der Waals surface area contributed by atoms with Crippen molar-refractivity contribution in [2.75, 3.05) is 19.8 Å². The molecule has 0 heterocycles. The third-order valence-corrected chi connectivity index (χ3v) is 8.37. The standard InChI is InChI=1S/C40H59NO8/c1-36(2,33(42)46-27-31-17-13-11-14-18-31)21-24-41-30-45-25-22-39(7,8)48-26-23-40(9,10)49-35(44)38(5,6)29-37(3,4)34(43)47-28-32-19-15-12-16-20-32/h11-20,30H,21-29H2,1-10H3. The highest BCUT2D eigenvalue weighted by atomic mass is 16.6. The van der Waals surface area contributed by atoms with E-state index >= 15 is 0 Å². The van der Waals surface area contributed by atoms with Crippen LogP contribution in [0.2, 0.25) is 0 Å². The first-order chi connectivity index (χ1) is 22.7. The van der Waals surface area contributed by atoms with Gasteiger partial charge in [-0.15, -0.1) is 0 Å². The normalized spacial score (nSPS) is 12.9. The fraction of sp³-hybridized carbons (Fsp3) is 0.600. The molecule has 0 atom stereocenters. The summed E-state index contributed by atoms with van der Waals surface area (Å²) in [6.07, 6.45) is 3.35. The van der Waals surface area contributed by atoms with Crippen LogP contribution >= 0.6 is 0 Å². The van der Waals surface area contributed by atoms with Crippen molar-refractivity contribution in [1.82, 2.24) is 0 Å². The van der Waals surface area contributed by atoms with Gasteiger partial charge in [0.1, 0.15) is 18.8 Å². The molecule has 0 fully saturated rings. The van der Waals surface area contributed by atoms with Gasteiger partial charge < -0.3 is 23.7 Å². The predicted octanol–water partition coefficient (Wildman–Crippen LogP) is 8.27. The molecule has 2 aromatic rings. The summed E-state index contributed by atoms with van der Waals surface area (Å²) in [6, 6.07) is 19.1. The topological polar surface area (TPSA) is 110 Å². The highest BCUT2D eigenvalue weighted by Crippen LogP contribution is 2.37. The van der Waals surface area contributed by atoms with Gasteiger partial charge in [-0.1, -0.05) is 60.7 Å². The summed E-state index contributed by atoms with van der Waals surface area (Å²) < 4.78 is 28.7. The van der Waals surface area contributed by atoms with Gasteiger partial charge in [0, 0.05) is 19.4 Å². The molecule has 9 heteroatoms. The Hall–Kier alpha value is -3.72. The number of rotatable bonds is 21. The zero-order chi connectivity index (χ0) is 36.8. The first-order valence-electron chi connectivity index (χ1n) is 17.1. The number of nitrogens with zero attached hydrogens (tertiary/aromatic N) is 1. The van der Waals surface area contributed by atoms with E-state index in [9.17, 15) is 14.4 Å². The van der Waals surface area contributed by atoms with Crippen LogP contribution in [0.3, 0.4) is 0 Å². The van der Waals surface area contributed by atoms with E-state index in [1.807, 2.05) is 102 Å². The van der Waals surface area contributed by atoms with Crippen LogP contribution < -0.4 is 0 Å². The number of carbonyl (C=O) groups is 3. The first kappa shape index (κ1) is 41.5. The van der Waals surface area contributed by atoms with E-state index in [1.165, 1.54) is 6.40 Å². The zero-order valence-electron chi connectivity index (χ0n) is 31.4. The third-order valence-electron chi connectivity index (χ3n) is 8.37. The van der Waals surface area contributed by atoms with E-state index in [0.717, 1.165) is 11.1 Å².